The van der Waals surface area contributed by atoms with Crippen molar-refractivity contribution in [3.63, 3.8) is 0 Å². The SMILES string of the molecule is C1=CC(c2ccc(N(c3ccccc3)c3ccc(-c4ccc(N(c5ccc(-c6ccc(-c7ccc(-c8ccc(N(c9ccccc9)c9ccccc9-c9ccccc9)cc8)cc7)cc6)cc5)c5ccccc5-c5ccccc5)cc4)c(-c4ccccc4)c3)cc2)CC=C1c1ccc(-c2ccc(N(c3ccccc3)c3cccc(-c4ccccc4)c3)cc2)cc1. The monoisotopic (exact) mass is 1580 g/mol. The molecule has 0 fully saturated rings. The highest BCUT2D eigenvalue weighted by molar-refractivity contribution is 5.94. The van der Waals surface area contributed by atoms with Gasteiger partial charge in [-0.2, -0.15) is 0 Å². The van der Waals surface area contributed by atoms with E-state index >= 15 is 0 Å². The molecule has 0 spiro atoms. The highest BCUT2D eigenvalue weighted by Crippen LogP contribution is 2.48. The number of anilines is 12. The Morgan fingerprint density at radius 3 is 0.806 bits per heavy atom. The molecule has 0 aromatic heterocycles. The van der Waals surface area contributed by atoms with Crippen LogP contribution in [0.15, 0.2) is 516 Å². The summed E-state index contributed by atoms with van der Waals surface area (Å²) in [6.45, 7) is 0. The van der Waals surface area contributed by atoms with Gasteiger partial charge in [-0.1, -0.05) is 382 Å². The fourth-order valence-corrected chi connectivity index (χ4v) is 17.5. The number of para-hydroxylation sites is 5. The molecule has 0 heterocycles. The summed E-state index contributed by atoms with van der Waals surface area (Å²) in [5.74, 6) is 0.249. The van der Waals surface area contributed by atoms with E-state index in [9.17, 15) is 0 Å². The van der Waals surface area contributed by atoms with Crippen LogP contribution in [0.3, 0.4) is 0 Å². The minimum atomic E-state index is 0.249. The zero-order chi connectivity index (χ0) is 82.8. The van der Waals surface area contributed by atoms with Gasteiger partial charge in [0.25, 0.3) is 0 Å². The number of hydrogen-bond acceptors (Lipinski definition) is 4. The molecule has 0 saturated heterocycles. The molecule has 588 valence electrons. The van der Waals surface area contributed by atoms with E-state index in [1.54, 1.807) is 0 Å². The third kappa shape index (κ3) is 16.3. The van der Waals surface area contributed by atoms with Gasteiger partial charge >= 0.3 is 0 Å². The smallest absolute Gasteiger partial charge is 0.0540 e. The van der Waals surface area contributed by atoms with E-state index in [1.165, 1.54) is 66.8 Å². The predicted octanol–water partition coefficient (Wildman–Crippen LogP) is 33.7. The van der Waals surface area contributed by atoms with Crippen LogP contribution in [0.4, 0.5) is 68.2 Å². The number of allylic oxidation sites excluding steroid dienone is 4. The van der Waals surface area contributed by atoms with Crippen molar-refractivity contribution in [1.82, 2.24) is 0 Å². The van der Waals surface area contributed by atoms with Gasteiger partial charge in [-0.3, -0.25) is 0 Å². The molecule has 1 aliphatic carbocycles. The van der Waals surface area contributed by atoms with E-state index in [0.717, 1.165) is 125 Å². The van der Waals surface area contributed by atoms with E-state index in [1.807, 2.05) is 0 Å². The fraction of sp³-hybridized carbons (Fsp3) is 0.0167. The van der Waals surface area contributed by atoms with E-state index in [-0.39, 0.29) is 5.92 Å². The lowest BCUT2D eigenvalue weighted by Gasteiger charge is -2.28. The Hall–Kier alpha value is -16.1. The van der Waals surface area contributed by atoms with Gasteiger partial charge in [0.15, 0.2) is 0 Å². The van der Waals surface area contributed by atoms with Crippen LogP contribution >= 0.6 is 0 Å². The molecule has 20 rings (SSSR count). The summed E-state index contributed by atoms with van der Waals surface area (Å²) in [6.07, 6.45) is 8.00. The van der Waals surface area contributed by atoms with Crippen molar-refractivity contribution in [2.45, 2.75) is 12.3 Å². The van der Waals surface area contributed by atoms with Crippen molar-refractivity contribution in [3.05, 3.63) is 527 Å². The molecule has 19 aromatic carbocycles. The van der Waals surface area contributed by atoms with Gasteiger partial charge in [0.1, 0.15) is 0 Å². The molecule has 0 N–H and O–H groups in total. The Morgan fingerprint density at radius 1 is 0.161 bits per heavy atom. The Labute approximate surface area is 727 Å². The van der Waals surface area contributed by atoms with Crippen molar-refractivity contribution >= 4 is 73.8 Å². The lowest BCUT2D eigenvalue weighted by atomic mass is 9.88. The molecule has 124 heavy (non-hydrogen) atoms. The molecule has 0 saturated carbocycles. The first kappa shape index (κ1) is 76.5. The van der Waals surface area contributed by atoms with Gasteiger partial charge in [-0.25, -0.2) is 0 Å². The minimum Gasteiger partial charge on any atom is -0.310 e. The normalized spacial score (nSPS) is 12.3. The molecule has 1 atom stereocenters. The molecule has 0 amide bonds. The van der Waals surface area contributed by atoms with Gasteiger partial charge < -0.3 is 19.6 Å². The molecule has 4 nitrogen and oxygen atoms in total. The van der Waals surface area contributed by atoms with Crippen LogP contribution in [0, 0.1) is 0 Å². The van der Waals surface area contributed by atoms with Crippen LogP contribution in [0.25, 0.3) is 106 Å². The van der Waals surface area contributed by atoms with Crippen LogP contribution in [0.2, 0.25) is 0 Å². The molecule has 19 aromatic rings. The second kappa shape index (κ2) is 35.4. The Balaban J connectivity index is 0.533. The molecular formula is C120H88N4. The second-order valence-electron chi connectivity index (χ2n) is 31.5. The summed E-state index contributed by atoms with van der Waals surface area (Å²) in [5.41, 5.74) is 37.8. The van der Waals surface area contributed by atoms with Crippen LogP contribution in [0.1, 0.15) is 23.5 Å². The molecule has 1 unspecified atom stereocenters. The van der Waals surface area contributed by atoms with Crippen molar-refractivity contribution in [2.75, 3.05) is 19.6 Å². The molecule has 0 bridgehead atoms. The van der Waals surface area contributed by atoms with Crippen LogP contribution < -0.4 is 19.6 Å². The van der Waals surface area contributed by atoms with E-state index in [0.29, 0.717) is 0 Å². The van der Waals surface area contributed by atoms with Gasteiger partial charge in [0.05, 0.1) is 11.4 Å². The first-order chi connectivity index (χ1) is 61.5. The fourth-order valence-electron chi connectivity index (χ4n) is 17.5. The van der Waals surface area contributed by atoms with Crippen LogP contribution in [0.5, 0.6) is 0 Å². The van der Waals surface area contributed by atoms with Gasteiger partial charge in [0.2, 0.25) is 0 Å². The van der Waals surface area contributed by atoms with Gasteiger partial charge in [-0.15, -0.1) is 0 Å². The van der Waals surface area contributed by atoms with E-state index in [2.05, 4.69) is 535 Å². The van der Waals surface area contributed by atoms with Crippen molar-refractivity contribution in [1.29, 1.82) is 0 Å². The first-order valence-corrected chi connectivity index (χ1v) is 42.7. The number of benzene rings is 19. The summed E-state index contributed by atoms with van der Waals surface area (Å²) in [6, 6.07) is 180. The number of hydrogen-bond donors (Lipinski definition) is 0. The lowest BCUT2D eigenvalue weighted by molar-refractivity contribution is 0.856. The summed E-state index contributed by atoms with van der Waals surface area (Å²) in [7, 11) is 0. The van der Waals surface area contributed by atoms with Crippen molar-refractivity contribution < 1.29 is 0 Å². The first-order valence-electron chi connectivity index (χ1n) is 42.7. The standard InChI is InChI=1S/C120H88N4/c1-8-27-87(28-9-1)104-35-26-42-113(85-104)121(105-36-16-5-17-37-105)108-73-63-96(64-74-108)92-55-47-88(48-56-92)89-49-57-93(58-50-89)97-65-75-109(76-66-97)122(106-38-18-6-19-39-106)114-83-84-115(118(86-114)102-33-14-4-15-34-102)103-71-81-112(82-72-103)124(120-46-25-23-44-117(120)101-31-12-3-13-32-101)111-79-69-99(70-80-111)95-61-53-91(54-62-95)90-51-59-94(60-52-90)98-67-77-110(78-68-98)123(107-40-20-7-21-41-107)119-45-24-22-43-116(119)100-29-10-2-11-30-100/h1-57,59-86,93H,58H2. The van der Waals surface area contributed by atoms with Crippen LogP contribution in [-0.4, -0.2) is 0 Å². The van der Waals surface area contributed by atoms with Gasteiger partial charge in [0, 0.05) is 73.9 Å². The molecule has 1 aliphatic rings. The highest BCUT2D eigenvalue weighted by Gasteiger charge is 2.24. The molecular weight excluding hydrogens is 1500 g/mol. The third-order valence-electron chi connectivity index (χ3n) is 23.9. The summed E-state index contributed by atoms with van der Waals surface area (Å²) in [4.78, 5) is 9.48. The Morgan fingerprint density at radius 2 is 0.419 bits per heavy atom. The summed E-state index contributed by atoms with van der Waals surface area (Å²) in [5, 5.41) is 0. The Kier molecular flexibility index (Phi) is 21.9. The van der Waals surface area contributed by atoms with E-state index < -0.39 is 0 Å². The lowest BCUT2D eigenvalue weighted by Crippen LogP contribution is -2.11. The molecule has 0 aliphatic heterocycles. The maximum Gasteiger partial charge on any atom is 0.0540 e. The van der Waals surface area contributed by atoms with Crippen LogP contribution in [-0.2, 0) is 0 Å². The molecule has 0 radical (unpaired) electrons. The van der Waals surface area contributed by atoms with Crippen molar-refractivity contribution in [2.24, 2.45) is 0 Å². The number of rotatable bonds is 23. The third-order valence-corrected chi connectivity index (χ3v) is 23.9. The Bertz CT molecular complexity index is 6890. The zero-order valence-corrected chi connectivity index (χ0v) is 68.6. The minimum absolute atomic E-state index is 0.249. The largest absolute Gasteiger partial charge is 0.310 e. The van der Waals surface area contributed by atoms with E-state index in [4.69, 9.17) is 0 Å². The van der Waals surface area contributed by atoms with Gasteiger partial charge in [-0.05, 0) is 246 Å². The summed E-state index contributed by atoms with van der Waals surface area (Å²) < 4.78 is 0. The zero-order valence-electron chi connectivity index (χ0n) is 68.6. The average Bonchev–Trinajstić information content (AvgIpc) is 0.777. The molecule has 4 heteroatoms. The summed E-state index contributed by atoms with van der Waals surface area (Å²) >= 11 is 0. The number of nitrogens with zero attached hydrogens (tertiary/aromatic N) is 4. The maximum atomic E-state index is 2.40. The maximum absolute atomic E-state index is 2.40. The second-order valence-corrected chi connectivity index (χ2v) is 31.5. The highest BCUT2D eigenvalue weighted by atomic mass is 15.2. The van der Waals surface area contributed by atoms with Crippen molar-refractivity contribution in [3.8, 4) is 100 Å². The quantitative estimate of drug-likeness (QED) is 0.0633. The predicted molar refractivity (Wildman–Crippen MR) is 525 cm³/mol. The average molecular weight is 1590 g/mol. The topological polar surface area (TPSA) is 13.0 Å².